The number of carboxylic acid groups (broad SMARTS) is 1. The molecule has 33 heavy (non-hydrogen) atoms. The topological polar surface area (TPSA) is 162 Å². The molecule has 10 nitrogen and oxygen atoms in total. The molecule has 2 aliphatic heterocycles. The number of thioether (sulfide) groups is 1. The van der Waals surface area contributed by atoms with Gasteiger partial charge in [-0.25, -0.2) is 13.6 Å². The van der Waals surface area contributed by atoms with E-state index < -0.39 is 34.1 Å². The Kier molecular flexibility index (Phi) is 8.10. The average molecular weight is 536 g/mol. The number of hydrogen-bond acceptors (Lipinski definition) is 9. The van der Waals surface area contributed by atoms with Crippen molar-refractivity contribution in [1.82, 2.24) is 10.2 Å². The van der Waals surface area contributed by atoms with Crippen LogP contribution in [0.15, 0.2) is 17.0 Å². The third-order valence-corrected chi connectivity index (χ3v) is 8.74. The van der Waals surface area contributed by atoms with Crippen LogP contribution in [0, 0.1) is 5.92 Å². The number of nitrogens with one attached hydrogen (secondary N) is 2. The SMILES string of the molecule is CC(CS)C(=O)N1CC(SCCC2NC(=O)c3cc(S(N)(=O)=O)c(Cl)cc3N2)CC1C(=O)[O-]. The number of thiol groups is 1. The number of nitrogens with two attached hydrogens (primary N) is 1. The molecule has 2 aliphatic rings. The van der Waals surface area contributed by atoms with Gasteiger partial charge in [0.2, 0.25) is 15.9 Å². The van der Waals surface area contributed by atoms with E-state index in [0.29, 0.717) is 30.2 Å². The van der Waals surface area contributed by atoms with Gasteiger partial charge >= 0.3 is 0 Å². The van der Waals surface area contributed by atoms with E-state index in [2.05, 4.69) is 23.3 Å². The van der Waals surface area contributed by atoms with Crippen LogP contribution >= 0.6 is 36.0 Å². The summed E-state index contributed by atoms with van der Waals surface area (Å²) in [6, 6.07) is 1.52. The molecule has 1 aromatic carbocycles. The number of sulfonamides is 1. The Hall–Kier alpha value is -1.67. The summed E-state index contributed by atoms with van der Waals surface area (Å²) in [6.45, 7) is 2.01. The second-order valence-corrected chi connectivity index (χ2v) is 11.7. The minimum Gasteiger partial charge on any atom is -0.548 e. The van der Waals surface area contributed by atoms with Gasteiger partial charge in [0.15, 0.2) is 0 Å². The molecule has 0 radical (unpaired) electrons. The molecule has 1 fully saturated rings. The maximum Gasteiger partial charge on any atom is 0.255 e. The van der Waals surface area contributed by atoms with Gasteiger partial charge in [-0.05, 0) is 30.7 Å². The molecule has 182 valence electrons. The van der Waals surface area contributed by atoms with Crippen LogP contribution < -0.4 is 20.9 Å². The number of hydrogen-bond donors (Lipinski definition) is 4. The minimum absolute atomic E-state index is 0.0812. The van der Waals surface area contributed by atoms with E-state index in [-0.39, 0.29) is 39.0 Å². The van der Waals surface area contributed by atoms with Crippen LogP contribution in [0.25, 0.3) is 0 Å². The molecule has 4 unspecified atom stereocenters. The number of anilines is 1. The smallest absolute Gasteiger partial charge is 0.255 e. The summed E-state index contributed by atoms with van der Waals surface area (Å²) in [5.41, 5.74) is 0.508. The normalized spacial score (nSPS) is 23.5. The molecule has 2 heterocycles. The zero-order valence-corrected chi connectivity index (χ0v) is 20.9. The highest BCUT2D eigenvalue weighted by atomic mass is 35.5. The number of amides is 2. The van der Waals surface area contributed by atoms with E-state index in [1.54, 1.807) is 6.92 Å². The molecule has 14 heteroatoms. The van der Waals surface area contributed by atoms with Crippen LogP contribution in [-0.2, 0) is 19.6 Å². The Morgan fingerprint density at radius 2 is 2.09 bits per heavy atom. The molecule has 2 amide bonds. The van der Waals surface area contributed by atoms with Gasteiger partial charge in [0, 0.05) is 23.5 Å². The maximum absolute atomic E-state index is 12.5. The van der Waals surface area contributed by atoms with Gasteiger partial charge in [0.1, 0.15) is 4.90 Å². The second-order valence-electron chi connectivity index (χ2n) is 7.97. The molecular weight excluding hydrogens is 512 g/mol. The lowest BCUT2D eigenvalue weighted by molar-refractivity contribution is -0.310. The van der Waals surface area contributed by atoms with E-state index >= 15 is 0 Å². The maximum atomic E-state index is 12.5. The van der Waals surface area contributed by atoms with Crippen LogP contribution in [0.2, 0.25) is 5.02 Å². The summed E-state index contributed by atoms with van der Waals surface area (Å²) in [5.74, 6) is -1.48. The van der Waals surface area contributed by atoms with Crippen molar-refractivity contribution in [3.63, 3.8) is 0 Å². The summed E-state index contributed by atoms with van der Waals surface area (Å²) in [6.07, 6.45) is 0.351. The van der Waals surface area contributed by atoms with Crippen LogP contribution in [-0.4, -0.2) is 66.6 Å². The number of aliphatic carboxylic acids is 1. The monoisotopic (exact) mass is 535 g/mol. The molecule has 0 bridgehead atoms. The van der Waals surface area contributed by atoms with Crippen LogP contribution in [0.4, 0.5) is 5.69 Å². The molecule has 3 rings (SSSR count). The van der Waals surface area contributed by atoms with Crippen molar-refractivity contribution >= 4 is 69.5 Å². The van der Waals surface area contributed by atoms with Gasteiger partial charge in [0.05, 0.1) is 34.5 Å². The number of fused-ring (bicyclic) bond motifs is 1. The minimum atomic E-state index is -4.08. The van der Waals surface area contributed by atoms with Crippen molar-refractivity contribution < 1.29 is 27.9 Å². The summed E-state index contributed by atoms with van der Waals surface area (Å²) < 4.78 is 23.3. The first-order chi connectivity index (χ1) is 15.4. The molecule has 0 saturated carbocycles. The number of carboxylic acids is 1. The van der Waals surface area contributed by atoms with Crippen molar-refractivity contribution in [3.8, 4) is 0 Å². The van der Waals surface area contributed by atoms with Gasteiger partial charge in [0.25, 0.3) is 5.91 Å². The van der Waals surface area contributed by atoms with Gasteiger partial charge in [-0.1, -0.05) is 18.5 Å². The largest absolute Gasteiger partial charge is 0.548 e. The lowest BCUT2D eigenvalue weighted by Gasteiger charge is -2.28. The fourth-order valence-electron chi connectivity index (χ4n) is 3.78. The molecule has 1 aromatic rings. The second kappa shape index (κ2) is 10.3. The highest BCUT2D eigenvalue weighted by molar-refractivity contribution is 7.99. The van der Waals surface area contributed by atoms with Gasteiger partial charge in [-0.2, -0.15) is 24.4 Å². The van der Waals surface area contributed by atoms with Gasteiger partial charge in [-0.3, -0.25) is 9.59 Å². The summed E-state index contributed by atoms with van der Waals surface area (Å²) >= 11 is 11.6. The van der Waals surface area contributed by atoms with E-state index in [1.165, 1.54) is 22.7 Å². The van der Waals surface area contributed by atoms with E-state index in [9.17, 15) is 27.9 Å². The average Bonchev–Trinajstić information content (AvgIpc) is 3.15. The van der Waals surface area contributed by atoms with E-state index in [4.69, 9.17) is 16.7 Å². The quantitative estimate of drug-likeness (QED) is 0.335. The van der Waals surface area contributed by atoms with Gasteiger partial charge < -0.3 is 25.4 Å². The number of rotatable bonds is 8. The Morgan fingerprint density at radius 3 is 2.70 bits per heavy atom. The molecule has 0 aromatic heterocycles. The predicted molar refractivity (Wildman–Crippen MR) is 127 cm³/mol. The number of likely N-dealkylation sites (tertiary alicyclic amines) is 1. The zero-order chi connectivity index (χ0) is 24.5. The number of primary sulfonamides is 1. The van der Waals surface area contributed by atoms with Crippen molar-refractivity contribution in [2.75, 3.05) is 23.4 Å². The van der Waals surface area contributed by atoms with Crippen molar-refractivity contribution in [2.24, 2.45) is 11.1 Å². The first-order valence-corrected chi connectivity index (χ1v) is 13.7. The van der Waals surface area contributed by atoms with Gasteiger partial charge in [-0.15, -0.1) is 0 Å². The van der Waals surface area contributed by atoms with Crippen molar-refractivity contribution in [3.05, 3.63) is 22.7 Å². The summed E-state index contributed by atoms with van der Waals surface area (Å²) in [4.78, 5) is 37.5. The van der Waals surface area contributed by atoms with Crippen LogP contribution in [0.5, 0.6) is 0 Å². The first-order valence-electron chi connectivity index (χ1n) is 10.1. The molecule has 4 atom stereocenters. The number of halogens is 1. The Bertz CT molecular complexity index is 1070. The molecule has 1 saturated heterocycles. The van der Waals surface area contributed by atoms with E-state index in [1.807, 2.05) is 0 Å². The highest BCUT2D eigenvalue weighted by Crippen LogP contribution is 2.32. The molecule has 4 N–H and O–H groups in total. The first kappa shape index (κ1) is 25.9. The fraction of sp³-hybridized carbons (Fsp3) is 0.526. The van der Waals surface area contributed by atoms with E-state index in [0.717, 1.165) is 6.07 Å². The Balaban J connectivity index is 1.60. The number of carbonyl (C=O) groups is 3. The standard InChI is InChI=1S/C19H25ClN4O6S3/c1-9(8-31)18(26)24-7-10(4-14(24)19(27)28)32-3-2-16-22-13-6-12(20)15(33(21,29)30)5-11(13)17(25)23-16/h5-6,9-10,14,16,22,31H,2-4,7-8H2,1H3,(H,23,25)(H,27,28)(H2,21,29,30)/p-1. The highest BCUT2D eigenvalue weighted by Gasteiger charge is 2.37. The van der Waals surface area contributed by atoms with Crippen LogP contribution in [0.3, 0.4) is 0 Å². The lowest BCUT2D eigenvalue weighted by atomic mass is 10.1. The third kappa shape index (κ3) is 5.88. The Labute approximate surface area is 206 Å². The van der Waals surface area contributed by atoms with Crippen molar-refractivity contribution in [2.45, 2.75) is 42.1 Å². The molecule has 0 spiro atoms. The zero-order valence-electron chi connectivity index (χ0n) is 17.6. The number of carbonyl (C=O) groups excluding carboxylic acids is 3. The number of nitrogens with zero attached hydrogens (tertiary/aromatic N) is 1. The summed E-state index contributed by atoms with van der Waals surface area (Å²) in [7, 11) is -4.08. The molecule has 0 aliphatic carbocycles. The van der Waals surface area contributed by atoms with Crippen molar-refractivity contribution in [1.29, 1.82) is 0 Å². The predicted octanol–water partition coefficient (Wildman–Crippen LogP) is -0.123. The number of benzene rings is 1. The summed E-state index contributed by atoms with van der Waals surface area (Å²) in [5, 5.41) is 22.3. The lowest BCUT2D eigenvalue weighted by Crippen LogP contribution is -2.48. The third-order valence-electron chi connectivity index (χ3n) is 5.53. The molecular formula is C19H24ClN4O6S3-. The Morgan fingerprint density at radius 1 is 1.39 bits per heavy atom. The van der Waals surface area contributed by atoms with Crippen LogP contribution in [0.1, 0.15) is 30.1 Å². The fourth-order valence-corrected chi connectivity index (χ4v) is 6.33.